The Hall–Kier alpha value is -3.28. The maximum Gasteiger partial charge on any atom is 0.226 e. The number of piperidine rings is 1. The Morgan fingerprint density at radius 1 is 1.18 bits per heavy atom. The van der Waals surface area contributed by atoms with Gasteiger partial charge >= 0.3 is 0 Å². The molecule has 0 bridgehead atoms. The van der Waals surface area contributed by atoms with Crippen molar-refractivity contribution < 1.29 is 9.53 Å². The number of likely N-dealkylation sites (N-methyl/N-ethyl adjacent to an activating group) is 2. The first-order chi connectivity index (χ1) is 19.4. The number of carbonyl (C=O) groups excluding carboxylic acids is 1. The first kappa shape index (κ1) is 26.9. The Morgan fingerprint density at radius 3 is 2.77 bits per heavy atom. The molecule has 5 heterocycles. The van der Waals surface area contributed by atoms with E-state index in [4.69, 9.17) is 4.74 Å². The summed E-state index contributed by atoms with van der Waals surface area (Å²) in [6.07, 6.45) is 9.84. The van der Waals surface area contributed by atoms with Gasteiger partial charge in [-0.3, -0.25) is 4.79 Å². The van der Waals surface area contributed by atoms with Gasteiger partial charge in [0.25, 0.3) is 0 Å². The van der Waals surface area contributed by atoms with Crippen LogP contribution in [0.4, 0.5) is 11.5 Å². The first-order valence-corrected chi connectivity index (χ1v) is 14.9. The van der Waals surface area contributed by atoms with Crippen molar-refractivity contribution in [3.8, 4) is 5.75 Å². The van der Waals surface area contributed by atoms with Crippen molar-refractivity contribution in [1.82, 2.24) is 34.3 Å². The number of pyridine rings is 1. The summed E-state index contributed by atoms with van der Waals surface area (Å²) in [6.45, 7) is 3.83. The number of thiophene rings is 1. The molecule has 1 fully saturated rings. The van der Waals surface area contributed by atoms with Gasteiger partial charge in [0.2, 0.25) is 5.91 Å². The Kier molecular flexibility index (Phi) is 7.61. The molecule has 0 spiro atoms. The summed E-state index contributed by atoms with van der Waals surface area (Å²) in [5.74, 6) is 1.82. The van der Waals surface area contributed by atoms with Crippen molar-refractivity contribution in [3.63, 3.8) is 0 Å². The summed E-state index contributed by atoms with van der Waals surface area (Å²) < 4.78 is 7.42. The molecule has 0 saturated carbocycles. The third kappa shape index (κ3) is 5.25. The summed E-state index contributed by atoms with van der Waals surface area (Å²) in [5, 5.41) is 8.87. The monoisotopic (exact) mass is 562 g/mol. The number of ether oxygens (including phenoxy) is 1. The van der Waals surface area contributed by atoms with Crippen LogP contribution in [0.15, 0.2) is 30.9 Å². The number of hydrogen-bond donors (Lipinski definition) is 1. The lowest BCUT2D eigenvalue weighted by molar-refractivity contribution is -0.137. The number of fused-ring (bicyclic) bond motifs is 4. The van der Waals surface area contributed by atoms with Crippen molar-refractivity contribution in [2.45, 2.75) is 38.1 Å². The van der Waals surface area contributed by atoms with Gasteiger partial charge in [0.05, 0.1) is 29.9 Å². The Labute approximate surface area is 238 Å². The Bertz CT molecular complexity index is 1510. The second-order valence-electron chi connectivity index (χ2n) is 11.3. The van der Waals surface area contributed by atoms with Crippen LogP contribution in [0.5, 0.6) is 5.75 Å². The van der Waals surface area contributed by atoms with Crippen LogP contribution < -0.4 is 10.1 Å². The molecular formula is C29H38N8O2S. The lowest BCUT2D eigenvalue weighted by Crippen LogP contribution is -2.48. The van der Waals surface area contributed by atoms with Crippen molar-refractivity contribution >= 4 is 44.5 Å². The van der Waals surface area contributed by atoms with Crippen LogP contribution in [0.1, 0.15) is 29.7 Å². The van der Waals surface area contributed by atoms with Crippen LogP contribution >= 0.6 is 11.3 Å². The summed E-state index contributed by atoms with van der Waals surface area (Å²) in [5.41, 5.74) is 3.07. The molecule has 11 heteroatoms. The average Bonchev–Trinajstić information content (AvgIpc) is 3.59. The minimum absolute atomic E-state index is 0.0392. The predicted molar refractivity (Wildman–Crippen MR) is 159 cm³/mol. The molecule has 1 saturated heterocycles. The molecule has 10 nitrogen and oxygen atoms in total. The molecule has 1 aliphatic carbocycles. The summed E-state index contributed by atoms with van der Waals surface area (Å²) >= 11 is 1.70. The molecule has 0 aromatic carbocycles. The smallest absolute Gasteiger partial charge is 0.226 e. The Morgan fingerprint density at radius 2 is 2.00 bits per heavy atom. The van der Waals surface area contributed by atoms with Crippen LogP contribution in [-0.4, -0.2) is 101 Å². The molecule has 4 aromatic rings. The van der Waals surface area contributed by atoms with E-state index in [2.05, 4.69) is 56.2 Å². The van der Waals surface area contributed by atoms with Crippen molar-refractivity contribution in [2.75, 3.05) is 59.7 Å². The largest absolute Gasteiger partial charge is 0.493 e. The van der Waals surface area contributed by atoms with E-state index in [1.807, 2.05) is 18.3 Å². The number of aromatic nitrogens is 4. The highest BCUT2D eigenvalue weighted by Gasteiger charge is 2.33. The number of likely N-dealkylation sites (tertiary alicyclic amines) is 1. The fourth-order valence-corrected chi connectivity index (χ4v) is 7.34. The van der Waals surface area contributed by atoms with E-state index >= 15 is 0 Å². The molecule has 1 aliphatic heterocycles. The van der Waals surface area contributed by atoms with Crippen LogP contribution in [0.25, 0.3) is 15.7 Å². The van der Waals surface area contributed by atoms with Crippen molar-refractivity contribution in [1.29, 1.82) is 0 Å². The number of amides is 1. The molecule has 212 valence electrons. The zero-order valence-corrected chi connectivity index (χ0v) is 24.6. The lowest BCUT2D eigenvalue weighted by atomic mass is 9.86. The summed E-state index contributed by atoms with van der Waals surface area (Å²) in [7, 11) is 8.10. The number of rotatable bonds is 8. The van der Waals surface area contributed by atoms with Gasteiger partial charge in [-0.1, -0.05) is 0 Å². The van der Waals surface area contributed by atoms with Crippen LogP contribution in [0.3, 0.4) is 0 Å². The lowest BCUT2D eigenvalue weighted by Gasteiger charge is -2.38. The number of methoxy groups -OCH3 is 1. The van der Waals surface area contributed by atoms with E-state index in [1.165, 1.54) is 10.4 Å². The van der Waals surface area contributed by atoms with Crippen LogP contribution in [-0.2, 0) is 17.6 Å². The van der Waals surface area contributed by atoms with E-state index in [0.717, 1.165) is 85.5 Å². The van der Waals surface area contributed by atoms with E-state index in [1.54, 1.807) is 35.5 Å². The number of hydrogen-bond acceptors (Lipinski definition) is 9. The number of nitrogens with one attached hydrogen (secondary N) is 1. The fourth-order valence-electron chi connectivity index (χ4n) is 6.08. The molecule has 0 unspecified atom stereocenters. The molecule has 40 heavy (non-hydrogen) atoms. The summed E-state index contributed by atoms with van der Waals surface area (Å²) in [4.78, 5) is 31.8. The number of anilines is 2. The first-order valence-electron chi connectivity index (χ1n) is 14.1. The third-order valence-corrected chi connectivity index (χ3v) is 9.63. The molecule has 1 amide bonds. The third-order valence-electron chi connectivity index (χ3n) is 8.47. The standard InChI is InChI=1S/C29H38N8O2S/c1-34(2)13-14-35(3)20-8-11-36(12-9-20)29(38)19-5-6-22-25(15-19)40-28-26(22)27(30-18-31-28)33-23-16-21-7-10-32-37(21)17-24(23)39-4/h7,10,16-20H,5-6,8-9,11-15H2,1-4H3,(H,30,31,33)/t19-/m0/s1. The number of nitrogens with zero attached hydrogens (tertiary/aromatic N) is 7. The normalized spacial score (nSPS) is 18.1. The average molecular weight is 563 g/mol. The highest BCUT2D eigenvalue weighted by atomic mass is 32.1. The van der Waals surface area contributed by atoms with Gasteiger partial charge in [-0.05, 0) is 70.9 Å². The molecule has 4 aromatic heterocycles. The minimum atomic E-state index is 0.0392. The number of carbonyl (C=O) groups is 1. The van der Waals surface area contributed by atoms with Crippen molar-refractivity contribution in [2.24, 2.45) is 5.92 Å². The van der Waals surface area contributed by atoms with Crippen LogP contribution in [0.2, 0.25) is 0 Å². The topological polar surface area (TPSA) is 91.1 Å². The van der Waals surface area contributed by atoms with E-state index in [9.17, 15) is 4.79 Å². The van der Waals surface area contributed by atoms with E-state index in [0.29, 0.717) is 17.7 Å². The van der Waals surface area contributed by atoms with Gasteiger partial charge in [0.15, 0.2) is 5.75 Å². The molecule has 0 radical (unpaired) electrons. The van der Waals surface area contributed by atoms with Crippen LogP contribution in [0, 0.1) is 5.92 Å². The predicted octanol–water partition coefficient (Wildman–Crippen LogP) is 3.68. The Balaban J connectivity index is 1.16. The molecule has 6 rings (SSSR count). The maximum atomic E-state index is 13.6. The highest BCUT2D eigenvalue weighted by molar-refractivity contribution is 7.19. The maximum absolute atomic E-state index is 13.6. The highest BCUT2D eigenvalue weighted by Crippen LogP contribution is 2.41. The van der Waals surface area contributed by atoms with Gasteiger partial charge in [-0.2, -0.15) is 5.10 Å². The second kappa shape index (κ2) is 11.3. The summed E-state index contributed by atoms with van der Waals surface area (Å²) in [6, 6.07) is 4.52. The van der Waals surface area contributed by atoms with Gasteiger partial charge < -0.3 is 24.8 Å². The fraction of sp³-hybridized carbons (Fsp3) is 0.517. The zero-order chi connectivity index (χ0) is 27.8. The molecule has 2 aliphatic rings. The second-order valence-corrected chi connectivity index (χ2v) is 12.4. The van der Waals surface area contributed by atoms with Gasteiger partial charge in [-0.15, -0.1) is 11.3 Å². The molecule has 1 N–H and O–H groups in total. The minimum Gasteiger partial charge on any atom is -0.493 e. The van der Waals surface area contributed by atoms with E-state index < -0.39 is 0 Å². The molecule has 1 atom stereocenters. The van der Waals surface area contributed by atoms with Gasteiger partial charge in [-0.25, -0.2) is 14.5 Å². The SMILES string of the molecule is COc1cn2nccc2cc1Nc1ncnc2sc3c(c12)CC[C@H](C(=O)N1CCC(N(C)CCN(C)C)CC1)C3. The van der Waals surface area contributed by atoms with E-state index in [-0.39, 0.29) is 5.92 Å². The zero-order valence-electron chi connectivity index (χ0n) is 23.8. The quantitative estimate of drug-likeness (QED) is 0.348. The van der Waals surface area contributed by atoms with Gasteiger partial charge in [0.1, 0.15) is 17.0 Å². The van der Waals surface area contributed by atoms with Crippen molar-refractivity contribution in [3.05, 3.63) is 41.3 Å². The molecular weight excluding hydrogens is 524 g/mol. The number of aryl methyl sites for hydroxylation is 1. The van der Waals surface area contributed by atoms with Gasteiger partial charge in [0, 0.05) is 49.2 Å².